The topological polar surface area (TPSA) is 95.2 Å². The van der Waals surface area contributed by atoms with Crippen LogP contribution >= 0.6 is 0 Å². The zero-order chi connectivity index (χ0) is 24.6. The first-order valence-corrected chi connectivity index (χ1v) is 13.2. The van der Waals surface area contributed by atoms with Crippen molar-refractivity contribution in [1.82, 2.24) is 14.9 Å². The Kier molecular flexibility index (Phi) is 6.06. The number of hydrogen-bond donors (Lipinski definition) is 2. The Morgan fingerprint density at radius 2 is 1.77 bits per heavy atom. The van der Waals surface area contributed by atoms with Crippen LogP contribution in [0.4, 0.5) is 5.69 Å². The molecule has 8 heteroatoms. The average Bonchev–Trinajstić information content (AvgIpc) is 3.31. The molecule has 4 aromatic rings. The van der Waals surface area contributed by atoms with Crippen molar-refractivity contribution >= 4 is 32.7 Å². The number of anilines is 1. The van der Waals surface area contributed by atoms with Gasteiger partial charge in [-0.1, -0.05) is 12.1 Å². The summed E-state index contributed by atoms with van der Waals surface area (Å²) in [5, 5.41) is 1.14. The quantitative estimate of drug-likeness (QED) is 0.413. The number of likely N-dealkylation sites (tertiary alicyclic amines) is 1. The highest BCUT2D eigenvalue weighted by Gasteiger charge is 2.26. The van der Waals surface area contributed by atoms with E-state index in [0.29, 0.717) is 30.3 Å². The van der Waals surface area contributed by atoms with Gasteiger partial charge in [-0.25, -0.2) is 13.4 Å². The van der Waals surface area contributed by atoms with Crippen LogP contribution < -0.4 is 4.72 Å². The Bertz CT molecular complexity index is 1480. The standard InChI is InChI=1S/C27H28N4O3S/c1-18-5-3-7-25(19(18)2)30-35(33,34)22-10-8-21(9-11-22)27(32)31-15-12-20(13-16-31)24-17-29-26-23(24)6-4-14-28-26/h3-11,14,17,20,30H,12-13,15-16H2,1-2H3,(H,28,29). The first-order chi connectivity index (χ1) is 16.8. The van der Waals surface area contributed by atoms with E-state index < -0.39 is 10.0 Å². The first-order valence-electron chi connectivity index (χ1n) is 11.7. The monoisotopic (exact) mass is 488 g/mol. The van der Waals surface area contributed by atoms with Crippen molar-refractivity contribution in [2.75, 3.05) is 17.8 Å². The van der Waals surface area contributed by atoms with Gasteiger partial charge in [-0.3, -0.25) is 9.52 Å². The number of sulfonamides is 1. The van der Waals surface area contributed by atoms with E-state index in [1.54, 1.807) is 24.4 Å². The Morgan fingerprint density at radius 1 is 1.03 bits per heavy atom. The molecule has 0 radical (unpaired) electrons. The molecular weight excluding hydrogens is 460 g/mol. The molecule has 2 aromatic carbocycles. The molecule has 0 spiro atoms. The van der Waals surface area contributed by atoms with Crippen LogP contribution in [0.5, 0.6) is 0 Å². The number of nitrogens with one attached hydrogen (secondary N) is 2. The summed E-state index contributed by atoms with van der Waals surface area (Å²) >= 11 is 0. The number of aromatic nitrogens is 2. The highest BCUT2D eigenvalue weighted by Crippen LogP contribution is 2.33. The fourth-order valence-electron chi connectivity index (χ4n) is 4.73. The number of benzene rings is 2. The van der Waals surface area contributed by atoms with Gasteiger partial charge in [0.25, 0.3) is 15.9 Å². The summed E-state index contributed by atoms with van der Waals surface area (Å²) in [5.41, 5.74) is 5.09. The molecule has 1 aliphatic heterocycles. The number of carbonyl (C=O) groups is 1. The molecule has 35 heavy (non-hydrogen) atoms. The zero-order valence-corrected chi connectivity index (χ0v) is 20.6. The van der Waals surface area contributed by atoms with E-state index in [-0.39, 0.29) is 10.8 Å². The van der Waals surface area contributed by atoms with E-state index in [1.807, 2.05) is 43.1 Å². The summed E-state index contributed by atoms with van der Waals surface area (Å²) in [4.78, 5) is 22.7. The van der Waals surface area contributed by atoms with E-state index in [1.165, 1.54) is 17.7 Å². The van der Waals surface area contributed by atoms with Crippen LogP contribution in [0, 0.1) is 13.8 Å². The highest BCUT2D eigenvalue weighted by atomic mass is 32.2. The van der Waals surface area contributed by atoms with Crippen LogP contribution in [0.25, 0.3) is 11.0 Å². The van der Waals surface area contributed by atoms with Crippen molar-refractivity contribution in [2.24, 2.45) is 0 Å². The number of aryl methyl sites for hydroxylation is 1. The molecule has 180 valence electrons. The number of amides is 1. The molecule has 1 aliphatic rings. The van der Waals surface area contributed by atoms with Gasteiger partial charge in [0.15, 0.2) is 0 Å². The minimum atomic E-state index is -3.75. The van der Waals surface area contributed by atoms with Gasteiger partial charge in [-0.15, -0.1) is 0 Å². The van der Waals surface area contributed by atoms with E-state index in [2.05, 4.69) is 20.8 Å². The van der Waals surface area contributed by atoms with E-state index >= 15 is 0 Å². The van der Waals surface area contributed by atoms with Crippen LogP contribution in [-0.4, -0.2) is 42.3 Å². The number of fused-ring (bicyclic) bond motifs is 1. The normalized spacial score (nSPS) is 14.9. The van der Waals surface area contributed by atoms with Crippen LogP contribution in [-0.2, 0) is 10.0 Å². The Morgan fingerprint density at radius 3 is 2.51 bits per heavy atom. The number of nitrogens with zero attached hydrogens (tertiary/aromatic N) is 2. The van der Waals surface area contributed by atoms with E-state index in [0.717, 1.165) is 35.0 Å². The molecule has 1 saturated heterocycles. The number of H-pyrrole nitrogens is 1. The van der Waals surface area contributed by atoms with Crippen molar-refractivity contribution < 1.29 is 13.2 Å². The van der Waals surface area contributed by atoms with Gasteiger partial charge in [0.1, 0.15) is 5.65 Å². The fourth-order valence-corrected chi connectivity index (χ4v) is 5.86. The molecule has 3 heterocycles. The van der Waals surface area contributed by atoms with Crippen molar-refractivity contribution in [3.05, 3.63) is 89.2 Å². The second-order valence-electron chi connectivity index (χ2n) is 9.09. The lowest BCUT2D eigenvalue weighted by atomic mass is 9.89. The fraction of sp³-hybridized carbons (Fsp3) is 0.259. The maximum atomic E-state index is 13.1. The molecule has 0 bridgehead atoms. The molecule has 0 saturated carbocycles. The maximum Gasteiger partial charge on any atom is 0.261 e. The summed E-state index contributed by atoms with van der Waals surface area (Å²) in [6.45, 7) is 5.14. The van der Waals surface area contributed by atoms with Crippen LogP contribution in [0.2, 0.25) is 0 Å². The second kappa shape index (κ2) is 9.19. The lowest BCUT2D eigenvalue weighted by molar-refractivity contribution is 0.0713. The summed E-state index contributed by atoms with van der Waals surface area (Å²) in [6, 6.07) is 15.7. The van der Waals surface area contributed by atoms with Gasteiger partial charge in [0.2, 0.25) is 0 Å². The third-order valence-electron chi connectivity index (χ3n) is 6.97. The minimum Gasteiger partial charge on any atom is -0.346 e. The van der Waals surface area contributed by atoms with E-state index in [4.69, 9.17) is 0 Å². The smallest absolute Gasteiger partial charge is 0.261 e. The number of pyridine rings is 1. The minimum absolute atomic E-state index is 0.0736. The molecule has 5 rings (SSSR count). The lowest BCUT2D eigenvalue weighted by Gasteiger charge is -2.32. The third-order valence-corrected chi connectivity index (χ3v) is 8.35. The predicted molar refractivity (Wildman–Crippen MR) is 137 cm³/mol. The van der Waals surface area contributed by atoms with Crippen molar-refractivity contribution in [1.29, 1.82) is 0 Å². The molecule has 0 aliphatic carbocycles. The lowest BCUT2D eigenvalue weighted by Crippen LogP contribution is -2.37. The molecule has 1 amide bonds. The van der Waals surface area contributed by atoms with Crippen molar-refractivity contribution in [3.63, 3.8) is 0 Å². The first kappa shape index (κ1) is 23.1. The van der Waals surface area contributed by atoms with Crippen molar-refractivity contribution in [2.45, 2.75) is 37.5 Å². The summed E-state index contributed by atoms with van der Waals surface area (Å²) in [7, 11) is -3.75. The van der Waals surface area contributed by atoms with Crippen LogP contribution in [0.1, 0.15) is 45.8 Å². The van der Waals surface area contributed by atoms with Gasteiger partial charge < -0.3 is 9.88 Å². The maximum absolute atomic E-state index is 13.1. The molecular formula is C27H28N4O3S. The van der Waals surface area contributed by atoms with Gasteiger partial charge in [-0.05, 0) is 91.8 Å². The van der Waals surface area contributed by atoms with Gasteiger partial charge in [0.05, 0.1) is 10.6 Å². The largest absolute Gasteiger partial charge is 0.346 e. The molecule has 0 atom stereocenters. The molecule has 7 nitrogen and oxygen atoms in total. The average molecular weight is 489 g/mol. The summed E-state index contributed by atoms with van der Waals surface area (Å²) in [6.07, 6.45) is 5.56. The van der Waals surface area contributed by atoms with Crippen molar-refractivity contribution in [3.8, 4) is 0 Å². The number of rotatable bonds is 5. The number of aromatic amines is 1. The number of carbonyl (C=O) groups excluding carboxylic acids is 1. The van der Waals surface area contributed by atoms with Crippen LogP contribution in [0.3, 0.4) is 0 Å². The molecule has 0 unspecified atom stereocenters. The van der Waals surface area contributed by atoms with Gasteiger partial charge in [0, 0.05) is 36.4 Å². The summed E-state index contributed by atoms with van der Waals surface area (Å²) < 4.78 is 28.4. The number of piperidine rings is 1. The van der Waals surface area contributed by atoms with Gasteiger partial charge >= 0.3 is 0 Å². The third kappa shape index (κ3) is 4.53. The molecule has 2 N–H and O–H groups in total. The zero-order valence-electron chi connectivity index (χ0n) is 19.8. The number of hydrogen-bond acceptors (Lipinski definition) is 4. The predicted octanol–water partition coefficient (Wildman–Crippen LogP) is 5.00. The second-order valence-corrected chi connectivity index (χ2v) is 10.8. The van der Waals surface area contributed by atoms with Gasteiger partial charge in [-0.2, -0.15) is 0 Å². The Hall–Kier alpha value is -3.65. The Labute approximate surface area is 205 Å². The SMILES string of the molecule is Cc1cccc(NS(=O)(=O)c2ccc(C(=O)N3CCC(c4c[nH]c5ncccc45)CC3)cc2)c1C. The highest BCUT2D eigenvalue weighted by molar-refractivity contribution is 7.92. The van der Waals surface area contributed by atoms with Crippen LogP contribution in [0.15, 0.2) is 71.9 Å². The molecule has 1 fully saturated rings. The Balaban J connectivity index is 1.25. The summed E-state index contributed by atoms with van der Waals surface area (Å²) in [5.74, 6) is 0.302. The van der Waals surface area contributed by atoms with E-state index in [9.17, 15) is 13.2 Å². The molecule has 2 aromatic heterocycles.